The Labute approximate surface area is 155 Å². The largest absolute Gasteiger partial charge is 0.507 e. The summed E-state index contributed by atoms with van der Waals surface area (Å²) in [5.74, 6) is 0.650. The monoisotopic (exact) mass is 355 g/mol. The maximum Gasteiger partial charge on any atom is 0.169 e. The van der Waals surface area contributed by atoms with Crippen LogP contribution in [-0.2, 0) is 0 Å². The molecule has 6 nitrogen and oxygen atoms in total. The van der Waals surface area contributed by atoms with E-state index in [0.717, 1.165) is 38.2 Å². The van der Waals surface area contributed by atoms with Crippen molar-refractivity contribution in [1.82, 2.24) is 15.5 Å². The summed E-state index contributed by atoms with van der Waals surface area (Å²) in [5, 5.41) is 21.7. The first-order chi connectivity index (χ1) is 12.6. The Kier molecular flexibility index (Phi) is 5.61. The molecule has 1 saturated heterocycles. The second-order valence-electron chi connectivity index (χ2n) is 7.21. The number of hydrogen-bond acceptors (Lipinski definition) is 6. The molecule has 1 fully saturated rings. The molecule has 26 heavy (non-hydrogen) atoms. The number of phenols is 1. The van der Waals surface area contributed by atoms with Crippen molar-refractivity contribution < 1.29 is 5.11 Å². The van der Waals surface area contributed by atoms with Crippen LogP contribution in [0.1, 0.15) is 32.6 Å². The van der Waals surface area contributed by atoms with Gasteiger partial charge in [-0.25, -0.2) is 0 Å². The van der Waals surface area contributed by atoms with E-state index in [4.69, 9.17) is 5.73 Å². The second-order valence-corrected chi connectivity index (χ2v) is 7.21. The second kappa shape index (κ2) is 7.91. The molecule has 1 aromatic heterocycles. The quantitative estimate of drug-likeness (QED) is 0.738. The van der Waals surface area contributed by atoms with Gasteiger partial charge in [-0.1, -0.05) is 25.5 Å². The van der Waals surface area contributed by atoms with E-state index in [2.05, 4.69) is 27.3 Å². The number of anilines is 2. The first-order valence-corrected chi connectivity index (χ1v) is 9.40. The third-order valence-corrected chi connectivity index (χ3v) is 5.80. The van der Waals surface area contributed by atoms with Crippen LogP contribution in [-0.4, -0.2) is 42.0 Å². The van der Waals surface area contributed by atoms with Crippen molar-refractivity contribution in [2.24, 2.45) is 5.41 Å². The van der Waals surface area contributed by atoms with E-state index in [-0.39, 0.29) is 5.75 Å². The maximum absolute atomic E-state index is 10.1. The molecular weight excluding hydrogens is 326 g/mol. The molecule has 2 aromatic rings. The molecule has 0 saturated carbocycles. The number of nitrogens with two attached hydrogens (primary N) is 1. The maximum atomic E-state index is 10.1. The molecule has 0 spiro atoms. The van der Waals surface area contributed by atoms with Gasteiger partial charge >= 0.3 is 0 Å². The molecule has 3 rings (SSSR count). The molecule has 1 aliphatic rings. The van der Waals surface area contributed by atoms with E-state index in [9.17, 15) is 5.11 Å². The van der Waals surface area contributed by atoms with E-state index >= 15 is 0 Å². The lowest BCUT2D eigenvalue weighted by Gasteiger charge is -2.42. The highest BCUT2D eigenvalue weighted by Crippen LogP contribution is 2.40. The molecule has 1 aromatic carbocycles. The van der Waals surface area contributed by atoms with Crippen molar-refractivity contribution in [3.63, 3.8) is 0 Å². The molecule has 0 atom stereocenters. The van der Waals surface area contributed by atoms with Crippen LogP contribution in [0.3, 0.4) is 0 Å². The summed E-state index contributed by atoms with van der Waals surface area (Å²) in [6.07, 6.45) is 4.72. The minimum atomic E-state index is 0.202. The van der Waals surface area contributed by atoms with Crippen LogP contribution >= 0.6 is 0 Å². The third kappa shape index (κ3) is 3.75. The highest BCUT2D eigenvalue weighted by atomic mass is 16.3. The van der Waals surface area contributed by atoms with Gasteiger partial charge in [-0.2, -0.15) is 0 Å². The highest BCUT2D eigenvalue weighted by Gasteiger charge is 2.33. The van der Waals surface area contributed by atoms with Crippen molar-refractivity contribution in [1.29, 1.82) is 0 Å². The van der Waals surface area contributed by atoms with Crippen LogP contribution < -0.4 is 16.0 Å². The van der Waals surface area contributed by atoms with Gasteiger partial charge in [-0.3, -0.25) is 0 Å². The molecule has 0 amide bonds. The zero-order chi connectivity index (χ0) is 18.6. The van der Waals surface area contributed by atoms with Crippen molar-refractivity contribution in [3.8, 4) is 17.0 Å². The van der Waals surface area contributed by atoms with E-state index in [0.29, 0.717) is 22.5 Å². The van der Waals surface area contributed by atoms with E-state index < -0.39 is 0 Å². The van der Waals surface area contributed by atoms with Crippen molar-refractivity contribution in [3.05, 3.63) is 30.3 Å². The zero-order valence-corrected chi connectivity index (χ0v) is 15.7. The summed E-state index contributed by atoms with van der Waals surface area (Å²) in [6, 6.07) is 9.13. The SMILES string of the molecule is CCC1(CCNC)CCN(c2cc(-c3ccccc3O)nnc2N)CC1. The summed E-state index contributed by atoms with van der Waals surface area (Å²) >= 11 is 0. The number of nitrogens with zero attached hydrogens (tertiary/aromatic N) is 3. The Morgan fingerprint density at radius 3 is 2.62 bits per heavy atom. The van der Waals surface area contributed by atoms with Crippen molar-refractivity contribution in [2.45, 2.75) is 32.6 Å². The number of para-hydroxylation sites is 1. The van der Waals surface area contributed by atoms with Crippen LogP contribution in [0.2, 0.25) is 0 Å². The molecule has 6 heteroatoms. The van der Waals surface area contributed by atoms with Gasteiger partial charge in [0.2, 0.25) is 0 Å². The van der Waals surface area contributed by atoms with Gasteiger partial charge in [0.05, 0.1) is 11.4 Å². The standard InChI is InChI=1S/C20H29N5O/c1-3-20(8-11-22-2)9-12-25(13-10-20)17-14-16(23-24-19(17)21)15-6-4-5-7-18(15)26/h4-7,14,22,26H,3,8-13H2,1-2H3,(H2,21,24). The normalized spacial score (nSPS) is 16.6. The van der Waals surface area contributed by atoms with Crippen molar-refractivity contribution in [2.75, 3.05) is 37.3 Å². The van der Waals surface area contributed by atoms with Crippen LogP contribution in [0.15, 0.2) is 30.3 Å². The molecule has 140 valence electrons. The van der Waals surface area contributed by atoms with E-state index in [1.807, 2.05) is 25.2 Å². The first kappa shape index (κ1) is 18.5. The summed E-state index contributed by atoms with van der Waals surface area (Å²) in [4.78, 5) is 2.31. The van der Waals surface area contributed by atoms with Crippen molar-refractivity contribution >= 4 is 11.5 Å². The number of nitrogens with one attached hydrogen (secondary N) is 1. The van der Waals surface area contributed by atoms with Gasteiger partial charge in [-0.15, -0.1) is 10.2 Å². The Hall–Kier alpha value is -2.34. The first-order valence-electron chi connectivity index (χ1n) is 9.40. The molecule has 4 N–H and O–H groups in total. The summed E-state index contributed by atoms with van der Waals surface area (Å²) < 4.78 is 0. The predicted molar refractivity (Wildman–Crippen MR) is 106 cm³/mol. The Morgan fingerprint density at radius 2 is 1.96 bits per heavy atom. The summed E-state index contributed by atoms with van der Waals surface area (Å²) in [5.41, 5.74) is 8.78. The molecule has 0 bridgehead atoms. The molecule has 1 aliphatic heterocycles. The predicted octanol–water partition coefficient (Wildman–Crippen LogP) is 3.04. The third-order valence-electron chi connectivity index (χ3n) is 5.80. The van der Waals surface area contributed by atoms with Crippen LogP contribution in [0.25, 0.3) is 11.3 Å². The van der Waals surface area contributed by atoms with E-state index in [1.54, 1.807) is 12.1 Å². The number of aromatic nitrogens is 2. The average molecular weight is 355 g/mol. The molecule has 0 radical (unpaired) electrons. The lowest BCUT2D eigenvalue weighted by Crippen LogP contribution is -2.41. The summed E-state index contributed by atoms with van der Waals surface area (Å²) in [6.45, 7) is 5.29. The topological polar surface area (TPSA) is 87.3 Å². The minimum absolute atomic E-state index is 0.202. The molecular formula is C20H29N5O. The van der Waals surface area contributed by atoms with Gasteiger partial charge in [0.25, 0.3) is 0 Å². The van der Waals surface area contributed by atoms with E-state index in [1.165, 1.54) is 12.8 Å². The lowest BCUT2D eigenvalue weighted by atomic mass is 9.73. The highest BCUT2D eigenvalue weighted by molar-refractivity contribution is 5.74. The average Bonchev–Trinajstić information content (AvgIpc) is 2.68. The Bertz CT molecular complexity index is 741. The summed E-state index contributed by atoms with van der Waals surface area (Å²) in [7, 11) is 2.02. The van der Waals surface area contributed by atoms with Gasteiger partial charge in [0, 0.05) is 18.7 Å². The van der Waals surface area contributed by atoms with Gasteiger partial charge in [0.15, 0.2) is 5.82 Å². The Balaban J connectivity index is 1.80. The number of phenolic OH excluding ortho intramolecular Hbond substituents is 1. The van der Waals surface area contributed by atoms with Crippen LogP contribution in [0.5, 0.6) is 5.75 Å². The molecule has 0 unspecified atom stereocenters. The van der Waals surface area contributed by atoms with Gasteiger partial charge in [-0.05, 0) is 56.5 Å². The minimum Gasteiger partial charge on any atom is -0.507 e. The number of nitrogen functional groups attached to an aromatic ring is 1. The molecule has 0 aliphatic carbocycles. The fourth-order valence-electron chi connectivity index (χ4n) is 3.86. The molecule has 2 heterocycles. The zero-order valence-electron chi connectivity index (χ0n) is 15.7. The smallest absolute Gasteiger partial charge is 0.169 e. The lowest BCUT2D eigenvalue weighted by molar-refractivity contribution is 0.190. The number of aromatic hydroxyl groups is 1. The van der Waals surface area contributed by atoms with Crippen LogP contribution in [0, 0.1) is 5.41 Å². The Morgan fingerprint density at radius 1 is 1.23 bits per heavy atom. The number of benzene rings is 1. The number of piperidine rings is 1. The number of hydrogen-bond donors (Lipinski definition) is 3. The number of rotatable bonds is 6. The van der Waals surface area contributed by atoms with Crippen LogP contribution in [0.4, 0.5) is 11.5 Å². The fourth-order valence-corrected chi connectivity index (χ4v) is 3.86. The van der Waals surface area contributed by atoms with Gasteiger partial charge in [0.1, 0.15) is 5.75 Å². The fraction of sp³-hybridized carbons (Fsp3) is 0.500. The van der Waals surface area contributed by atoms with Gasteiger partial charge < -0.3 is 21.1 Å².